The van der Waals surface area contributed by atoms with Gasteiger partial charge in [0.2, 0.25) is 0 Å². The number of halogens is 2. The van der Waals surface area contributed by atoms with Crippen molar-refractivity contribution in [3.8, 4) is 5.75 Å². The van der Waals surface area contributed by atoms with E-state index in [4.69, 9.17) is 23.2 Å². The van der Waals surface area contributed by atoms with Crippen LogP contribution < -0.4 is 5.56 Å². The summed E-state index contributed by atoms with van der Waals surface area (Å²) in [5.41, 5.74) is 1.94. The van der Waals surface area contributed by atoms with Gasteiger partial charge in [-0.2, -0.15) is 0 Å². The molecule has 0 bridgehead atoms. The zero-order chi connectivity index (χ0) is 18.4. The molecule has 7 heteroatoms. The molecule has 3 rings (SSSR count). The molecule has 2 N–H and O–H groups in total. The van der Waals surface area contributed by atoms with Gasteiger partial charge in [-0.25, -0.2) is 4.98 Å². The molecule has 0 saturated carbocycles. The fourth-order valence-electron chi connectivity index (χ4n) is 2.96. The van der Waals surface area contributed by atoms with Crippen LogP contribution in [-0.2, 0) is 24.9 Å². The number of fused-ring (bicyclic) bond motifs is 1. The van der Waals surface area contributed by atoms with Crippen LogP contribution in [0.25, 0.3) is 0 Å². The standard InChI is InChI=1S/C18H21Cl2N3O2/c1-18(2,3)17-21-14-9-23(5-4-12(14)16(25)22-17)8-10-6-11(19)7-13(20)15(10)24/h6-7,24H,4-5,8-9H2,1-3H3,(H,21,22,25). The van der Waals surface area contributed by atoms with Gasteiger partial charge in [-0.15, -0.1) is 0 Å². The van der Waals surface area contributed by atoms with Gasteiger partial charge in [0, 0.05) is 41.2 Å². The van der Waals surface area contributed by atoms with Gasteiger partial charge in [0.1, 0.15) is 11.6 Å². The number of hydrogen-bond donors (Lipinski definition) is 2. The summed E-state index contributed by atoms with van der Waals surface area (Å²) in [5, 5.41) is 10.9. The Hall–Kier alpha value is -1.56. The molecule has 0 saturated heterocycles. The number of phenolic OH excluding ortho intramolecular Hbond substituents is 1. The third-order valence-electron chi connectivity index (χ3n) is 4.36. The molecule has 1 aromatic heterocycles. The van der Waals surface area contributed by atoms with Gasteiger partial charge in [0.25, 0.3) is 5.56 Å². The van der Waals surface area contributed by atoms with E-state index in [1.54, 1.807) is 6.07 Å². The number of aromatic hydroxyl groups is 1. The highest BCUT2D eigenvalue weighted by molar-refractivity contribution is 6.35. The maximum Gasteiger partial charge on any atom is 0.254 e. The second-order valence-corrected chi connectivity index (χ2v) is 8.29. The minimum atomic E-state index is -0.227. The Kier molecular flexibility index (Phi) is 4.84. The summed E-state index contributed by atoms with van der Waals surface area (Å²) in [4.78, 5) is 22.1. The molecule has 0 atom stereocenters. The van der Waals surface area contributed by atoms with Crippen LogP contribution in [0.5, 0.6) is 5.75 Å². The minimum absolute atomic E-state index is 0.0473. The smallest absolute Gasteiger partial charge is 0.254 e. The quantitative estimate of drug-likeness (QED) is 0.832. The predicted octanol–water partition coefficient (Wildman–Crippen LogP) is 3.64. The first kappa shape index (κ1) is 18.2. The summed E-state index contributed by atoms with van der Waals surface area (Å²) in [6.45, 7) is 7.80. The summed E-state index contributed by atoms with van der Waals surface area (Å²) >= 11 is 12.0. The Morgan fingerprint density at radius 1 is 1.32 bits per heavy atom. The van der Waals surface area contributed by atoms with Crippen molar-refractivity contribution < 1.29 is 5.11 Å². The molecular formula is C18H21Cl2N3O2. The van der Waals surface area contributed by atoms with E-state index in [1.807, 2.05) is 20.8 Å². The van der Waals surface area contributed by atoms with Crippen molar-refractivity contribution in [2.75, 3.05) is 6.54 Å². The van der Waals surface area contributed by atoms with E-state index in [0.717, 1.165) is 11.3 Å². The Bertz CT molecular complexity index is 872. The molecule has 1 aromatic carbocycles. The van der Waals surface area contributed by atoms with Crippen molar-refractivity contribution in [3.63, 3.8) is 0 Å². The number of rotatable bonds is 2. The van der Waals surface area contributed by atoms with Crippen LogP contribution in [-0.4, -0.2) is 26.5 Å². The SMILES string of the molecule is CC(C)(C)c1nc2c(c(=O)[nH]1)CCN(Cc1cc(Cl)cc(Cl)c1O)C2. The van der Waals surface area contributed by atoms with Gasteiger partial charge >= 0.3 is 0 Å². The van der Waals surface area contributed by atoms with Crippen molar-refractivity contribution >= 4 is 23.2 Å². The topological polar surface area (TPSA) is 69.2 Å². The fourth-order valence-corrected chi connectivity index (χ4v) is 3.50. The van der Waals surface area contributed by atoms with E-state index >= 15 is 0 Å². The van der Waals surface area contributed by atoms with Crippen molar-refractivity contribution in [3.05, 3.63) is 55.2 Å². The molecular weight excluding hydrogens is 361 g/mol. The summed E-state index contributed by atoms with van der Waals surface area (Å²) in [5.74, 6) is 0.734. The molecule has 1 aliphatic heterocycles. The molecule has 2 heterocycles. The first-order chi connectivity index (χ1) is 11.6. The lowest BCUT2D eigenvalue weighted by Gasteiger charge is -2.29. The normalized spacial score (nSPS) is 15.2. The number of aromatic amines is 1. The molecule has 2 aromatic rings. The number of benzene rings is 1. The average molecular weight is 382 g/mol. The second kappa shape index (κ2) is 6.63. The van der Waals surface area contributed by atoms with Crippen LogP contribution in [0.3, 0.4) is 0 Å². The van der Waals surface area contributed by atoms with Crippen LogP contribution in [0.15, 0.2) is 16.9 Å². The van der Waals surface area contributed by atoms with Gasteiger partial charge in [0.05, 0.1) is 10.7 Å². The van der Waals surface area contributed by atoms with Crippen molar-refractivity contribution in [2.24, 2.45) is 0 Å². The van der Waals surface area contributed by atoms with E-state index in [-0.39, 0.29) is 21.7 Å². The molecule has 25 heavy (non-hydrogen) atoms. The summed E-state index contributed by atoms with van der Waals surface area (Å²) in [6.07, 6.45) is 0.622. The predicted molar refractivity (Wildman–Crippen MR) is 99.5 cm³/mol. The Labute approximate surface area is 156 Å². The summed E-state index contributed by atoms with van der Waals surface area (Å²) < 4.78 is 0. The Balaban J connectivity index is 1.89. The van der Waals surface area contributed by atoms with Crippen LogP contribution in [0, 0.1) is 0 Å². The van der Waals surface area contributed by atoms with E-state index in [0.29, 0.717) is 42.5 Å². The molecule has 1 aliphatic rings. The lowest BCUT2D eigenvalue weighted by Crippen LogP contribution is -2.36. The number of phenols is 1. The number of aromatic nitrogens is 2. The maximum absolute atomic E-state index is 12.4. The molecule has 0 unspecified atom stereocenters. The van der Waals surface area contributed by atoms with Crippen molar-refractivity contribution in [1.82, 2.24) is 14.9 Å². The third kappa shape index (κ3) is 3.84. The van der Waals surface area contributed by atoms with Gasteiger partial charge in [-0.05, 0) is 18.6 Å². The fraction of sp³-hybridized carbons (Fsp3) is 0.444. The highest BCUT2D eigenvalue weighted by atomic mass is 35.5. The highest BCUT2D eigenvalue weighted by Crippen LogP contribution is 2.32. The van der Waals surface area contributed by atoms with Crippen LogP contribution >= 0.6 is 23.2 Å². The van der Waals surface area contributed by atoms with Gasteiger partial charge in [0.15, 0.2) is 0 Å². The molecule has 0 fully saturated rings. The zero-order valence-corrected chi connectivity index (χ0v) is 16.0. The van der Waals surface area contributed by atoms with E-state index < -0.39 is 0 Å². The lowest BCUT2D eigenvalue weighted by atomic mass is 9.95. The van der Waals surface area contributed by atoms with Crippen molar-refractivity contribution in [2.45, 2.75) is 45.7 Å². The second-order valence-electron chi connectivity index (χ2n) is 7.45. The number of nitrogens with zero attached hydrogens (tertiary/aromatic N) is 2. The van der Waals surface area contributed by atoms with E-state index in [2.05, 4.69) is 14.9 Å². The lowest BCUT2D eigenvalue weighted by molar-refractivity contribution is 0.236. The highest BCUT2D eigenvalue weighted by Gasteiger charge is 2.25. The molecule has 0 amide bonds. The first-order valence-corrected chi connectivity index (χ1v) is 8.92. The summed E-state index contributed by atoms with van der Waals surface area (Å²) in [6, 6.07) is 3.23. The monoisotopic (exact) mass is 381 g/mol. The minimum Gasteiger partial charge on any atom is -0.506 e. The molecule has 134 valence electrons. The van der Waals surface area contributed by atoms with Crippen LogP contribution in [0.4, 0.5) is 0 Å². The van der Waals surface area contributed by atoms with Crippen molar-refractivity contribution in [1.29, 1.82) is 0 Å². The number of hydrogen-bond acceptors (Lipinski definition) is 4. The molecule has 5 nitrogen and oxygen atoms in total. The van der Waals surface area contributed by atoms with Gasteiger partial charge in [-0.3, -0.25) is 9.69 Å². The maximum atomic E-state index is 12.4. The van der Waals surface area contributed by atoms with Crippen LogP contribution in [0.1, 0.15) is 43.4 Å². The third-order valence-corrected chi connectivity index (χ3v) is 4.87. The van der Waals surface area contributed by atoms with Gasteiger partial charge in [-0.1, -0.05) is 44.0 Å². The van der Waals surface area contributed by atoms with Crippen LogP contribution in [0.2, 0.25) is 10.0 Å². The number of H-pyrrole nitrogens is 1. The van der Waals surface area contributed by atoms with E-state index in [1.165, 1.54) is 6.07 Å². The molecule has 0 aliphatic carbocycles. The zero-order valence-electron chi connectivity index (χ0n) is 14.5. The van der Waals surface area contributed by atoms with E-state index in [9.17, 15) is 9.90 Å². The number of nitrogens with one attached hydrogen (secondary N) is 1. The first-order valence-electron chi connectivity index (χ1n) is 8.17. The summed E-state index contributed by atoms with van der Waals surface area (Å²) in [7, 11) is 0. The Morgan fingerprint density at radius 3 is 2.72 bits per heavy atom. The average Bonchev–Trinajstić information content (AvgIpc) is 2.51. The molecule has 0 radical (unpaired) electrons. The Morgan fingerprint density at radius 2 is 2.04 bits per heavy atom. The molecule has 0 spiro atoms. The van der Waals surface area contributed by atoms with Gasteiger partial charge < -0.3 is 10.1 Å². The largest absolute Gasteiger partial charge is 0.506 e.